The maximum Gasteiger partial charge on any atom is 0.124 e. The molecular formula is C14H23NO2. The van der Waals surface area contributed by atoms with Gasteiger partial charge in [0, 0.05) is 18.2 Å². The van der Waals surface area contributed by atoms with Crippen LogP contribution in [0.1, 0.15) is 32.8 Å². The minimum absolute atomic E-state index is 0.155. The lowest BCUT2D eigenvalue weighted by atomic mass is 10.1. The van der Waals surface area contributed by atoms with E-state index in [0.717, 1.165) is 24.3 Å². The summed E-state index contributed by atoms with van der Waals surface area (Å²) in [5.74, 6) is 0.919. The highest BCUT2D eigenvalue weighted by Crippen LogP contribution is 2.19. The van der Waals surface area contributed by atoms with Crippen molar-refractivity contribution in [1.29, 1.82) is 0 Å². The van der Waals surface area contributed by atoms with Gasteiger partial charge in [0.15, 0.2) is 0 Å². The van der Waals surface area contributed by atoms with Crippen molar-refractivity contribution in [1.82, 2.24) is 5.32 Å². The van der Waals surface area contributed by atoms with Crippen LogP contribution in [0, 0.1) is 0 Å². The van der Waals surface area contributed by atoms with Crippen LogP contribution in [-0.4, -0.2) is 23.9 Å². The van der Waals surface area contributed by atoms with Crippen molar-refractivity contribution in [3.63, 3.8) is 0 Å². The van der Waals surface area contributed by atoms with Crippen molar-refractivity contribution in [3.8, 4) is 5.75 Å². The SMILES string of the molecule is CC[C@H](CO)NCc1ccccc1OC(C)C. The quantitative estimate of drug-likeness (QED) is 0.765. The average Bonchev–Trinajstić information content (AvgIpc) is 2.31. The van der Waals surface area contributed by atoms with Crippen LogP contribution in [0.15, 0.2) is 24.3 Å². The summed E-state index contributed by atoms with van der Waals surface area (Å²) in [6, 6.07) is 8.17. The van der Waals surface area contributed by atoms with E-state index in [0.29, 0.717) is 0 Å². The molecule has 3 nitrogen and oxygen atoms in total. The van der Waals surface area contributed by atoms with E-state index < -0.39 is 0 Å². The number of hydrogen-bond donors (Lipinski definition) is 2. The van der Waals surface area contributed by atoms with Crippen molar-refractivity contribution in [2.45, 2.75) is 45.9 Å². The molecule has 0 saturated heterocycles. The first-order chi connectivity index (χ1) is 8.17. The summed E-state index contributed by atoms with van der Waals surface area (Å²) >= 11 is 0. The lowest BCUT2D eigenvalue weighted by Crippen LogP contribution is -2.31. The van der Waals surface area contributed by atoms with Gasteiger partial charge in [-0.25, -0.2) is 0 Å². The topological polar surface area (TPSA) is 41.5 Å². The van der Waals surface area contributed by atoms with Gasteiger partial charge in [-0.3, -0.25) is 0 Å². The lowest BCUT2D eigenvalue weighted by Gasteiger charge is -2.17. The molecule has 1 aromatic rings. The van der Waals surface area contributed by atoms with Crippen molar-refractivity contribution < 1.29 is 9.84 Å². The summed E-state index contributed by atoms with van der Waals surface area (Å²) in [6.07, 6.45) is 1.10. The Kier molecular flexibility index (Phi) is 6.01. The number of benzene rings is 1. The molecule has 0 unspecified atom stereocenters. The highest BCUT2D eigenvalue weighted by Gasteiger charge is 2.07. The third kappa shape index (κ3) is 4.75. The zero-order chi connectivity index (χ0) is 12.7. The summed E-state index contributed by atoms with van der Waals surface area (Å²) in [7, 11) is 0. The number of aliphatic hydroxyl groups is 1. The van der Waals surface area contributed by atoms with Gasteiger partial charge in [-0.1, -0.05) is 25.1 Å². The molecule has 0 fully saturated rings. The Labute approximate surface area is 104 Å². The maximum atomic E-state index is 9.13. The normalized spacial score (nSPS) is 12.8. The zero-order valence-electron chi connectivity index (χ0n) is 10.9. The van der Waals surface area contributed by atoms with E-state index in [1.807, 2.05) is 32.0 Å². The molecule has 0 heterocycles. The minimum atomic E-state index is 0.155. The first-order valence-corrected chi connectivity index (χ1v) is 6.26. The number of nitrogens with one attached hydrogen (secondary N) is 1. The van der Waals surface area contributed by atoms with Crippen LogP contribution < -0.4 is 10.1 Å². The van der Waals surface area contributed by atoms with Crippen LogP contribution >= 0.6 is 0 Å². The van der Waals surface area contributed by atoms with Crippen molar-refractivity contribution in [2.24, 2.45) is 0 Å². The molecular weight excluding hydrogens is 214 g/mol. The molecule has 3 heteroatoms. The molecule has 0 amide bonds. The lowest BCUT2D eigenvalue weighted by molar-refractivity contribution is 0.230. The molecule has 96 valence electrons. The number of para-hydroxylation sites is 1. The van der Waals surface area contributed by atoms with E-state index in [4.69, 9.17) is 9.84 Å². The molecule has 0 saturated carbocycles. The molecule has 17 heavy (non-hydrogen) atoms. The van der Waals surface area contributed by atoms with Gasteiger partial charge >= 0.3 is 0 Å². The zero-order valence-corrected chi connectivity index (χ0v) is 10.9. The Hall–Kier alpha value is -1.06. The first-order valence-electron chi connectivity index (χ1n) is 6.26. The molecule has 0 bridgehead atoms. The van der Waals surface area contributed by atoms with E-state index in [-0.39, 0.29) is 18.8 Å². The molecule has 1 atom stereocenters. The van der Waals surface area contributed by atoms with E-state index in [9.17, 15) is 0 Å². The summed E-state index contributed by atoms with van der Waals surface area (Å²) in [4.78, 5) is 0. The molecule has 0 aliphatic rings. The van der Waals surface area contributed by atoms with Gasteiger partial charge in [0.25, 0.3) is 0 Å². The van der Waals surface area contributed by atoms with E-state index in [1.165, 1.54) is 0 Å². The highest BCUT2D eigenvalue weighted by atomic mass is 16.5. The standard InChI is InChI=1S/C14H23NO2/c1-4-13(10-16)15-9-12-7-5-6-8-14(12)17-11(2)3/h5-8,11,13,15-16H,4,9-10H2,1-3H3/t13-/m1/s1. The second-order valence-electron chi connectivity index (χ2n) is 4.44. The van der Waals surface area contributed by atoms with Crippen LogP contribution in [0.4, 0.5) is 0 Å². The minimum Gasteiger partial charge on any atom is -0.491 e. The van der Waals surface area contributed by atoms with Crippen molar-refractivity contribution in [2.75, 3.05) is 6.61 Å². The smallest absolute Gasteiger partial charge is 0.124 e. The van der Waals surface area contributed by atoms with Gasteiger partial charge < -0.3 is 15.2 Å². The summed E-state index contributed by atoms with van der Waals surface area (Å²) in [6.45, 7) is 7.00. The Morgan fingerprint density at radius 1 is 1.29 bits per heavy atom. The number of aliphatic hydroxyl groups excluding tert-OH is 1. The first kappa shape index (κ1) is 14.0. The number of hydrogen-bond acceptors (Lipinski definition) is 3. The van der Waals surface area contributed by atoms with Crippen LogP contribution in [0.3, 0.4) is 0 Å². The molecule has 0 aliphatic heterocycles. The van der Waals surface area contributed by atoms with Gasteiger partial charge in [-0.15, -0.1) is 0 Å². The van der Waals surface area contributed by atoms with E-state index in [1.54, 1.807) is 0 Å². The third-order valence-corrected chi connectivity index (χ3v) is 2.63. The fourth-order valence-corrected chi connectivity index (χ4v) is 1.61. The van der Waals surface area contributed by atoms with Crippen LogP contribution in [-0.2, 0) is 6.54 Å². The monoisotopic (exact) mass is 237 g/mol. The molecule has 1 aromatic carbocycles. The average molecular weight is 237 g/mol. The molecule has 0 aromatic heterocycles. The molecule has 0 spiro atoms. The third-order valence-electron chi connectivity index (χ3n) is 2.63. The Balaban J connectivity index is 2.63. The Morgan fingerprint density at radius 3 is 2.59 bits per heavy atom. The molecule has 1 rings (SSSR count). The summed E-state index contributed by atoms with van der Waals surface area (Å²) in [5.41, 5.74) is 1.13. The second kappa shape index (κ2) is 7.30. The van der Waals surface area contributed by atoms with Crippen LogP contribution in [0.2, 0.25) is 0 Å². The van der Waals surface area contributed by atoms with Crippen molar-refractivity contribution in [3.05, 3.63) is 29.8 Å². The molecule has 2 N–H and O–H groups in total. The molecule has 0 aliphatic carbocycles. The van der Waals surface area contributed by atoms with Gasteiger partial charge in [0.05, 0.1) is 12.7 Å². The Morgan fingerprint density at radius 2 is 2.00 bits per heavy atom. The molecule has 0 radical (unpaired) electrons. The van der Waals surface area contributed by atoms with Gasteiger partial charge in [-0.05, 0) is 26.3 Å². The summed E-state index contributed by atoms with van der Waals surface area (Å²) in [5, 5.41) is 12.4. The maximum absolute atomic E-state index is 9.13. The Bertz CT molecular complexity index is 322. The number of ether oxygens (including phenoxy) is 1. The van der Waals surface area contributed by atoms with Crippen LogP contribution in [0.25, 0.3) is 0 Å². The van der Waals surface area contributed by atoms with Crippen molar-refractivity contribution >= 4 is 0 Å². The van der Waals surface area contributed by atoms with Gasteiger partial charge in [0.1, 0.15) is 5.75 Å². The predicted molar refractivity (Wildman–Crippen MR) is 70.2 cm³/mol. The van der Waals surface area contributed by atoms with Gasteiger partial charge in [-0.2, -0.15) is 0 Å². The predicted octanol–water partition coefficient (Wildman–Crippen LogP) is 2.33. The van der Waals surface area contributed by atoms with Crippen LogP contribution in [0.5, 0.6) is 5.75 Å². The highest BCUT2D eigenvalue weighted by molar-refractivity contribution is 5.33. The number of rotatable bonds is 7. The fourth-order valence-electron chi connectivity index (χ4n) is 1.61. The van der Waals surface area contributed by atoms with E-state index in [2.05, 4.69) is 18.3 Å². The fraction of sp³-hybridized carbons (Fsp3) is 0.571. The summed E-state index contributed by atoms with van der Waals surface area (Å²) < 4.78 is 5.74. The second-order valence-corrected chi connectivity index (χ2v) is 4.44. The largest absolute Gasteiger partial charge is 0.491 e. The van der Waals surface area contributed by atoms with Gasteiger partial charge in [0.2, 0.25) is 0 Å². The van der Waals surface area contributed by atoms with E-state index >= 15 is 0 Å².